The van der Waals surface area contributed by atoms with Gasteiger partial charge in [-0.05, 0) is 35.7 Å². The van der Waals surface area contributed by atoms with E-state index in [4.69, 9.17) is 0 Å². The minimum atomic E-state index is -3.44. The fraction of sp³-hybridized carbons (Fsp3) is 0.312. The zero-order valence-corrected chi connectivity index (χ0v) is 14.1. The van der Waals surface area contributed by atoms with Gasteiger partial charge in [0.1, 0.15) is 10.7 Å². The van der Waals surface area contributed by atoms with Crippen molar-refractivity contribution >= 4 is 21.5 Å². The smallest absolute Gasteiger partial charge is 0.244 e. The molecule has 0 saturated carbocycles. The highest BCUT2D eigenvalue weighted by molar-refractivity contribution is 7.89. The van der Waals surface area contributed by atoms with Crippen LogP contribution in [0, 0.1) is 0 Å². The number of hydrogen-bond acceptors (Lipinski definition) is 4. The Balaban J connectivity index is 2.15. The molecule has 0 bridgehead atoms. The van der Waals surface area contributed by atoms with Gasteiger partial charge in [-0.15, -0.1) is 0 Å². The molecule has 0 aliphatic heterocycles. The molecule has 1 aromatic heterocycles. The Bertz CT molecular complexity index is 721. The molecule has 0 saturated heterocycles. The van der Waals surface area contributed by atoms with E-state index in [1.54, 1.807) is 12.1 Å². The van der Waals surface area contributed by atoms with Gasteiger partial charge in [0.15, 0.2) is 0 Å². The van der Waals surface area contributed by atoms with Gasteiger partial charge >= 0.3 is 0 Å². The van der Waals surface area contributed by atoms with Gasteiger partial charge in [-0.25, -0.2) is 17.7 Å². The van der Waals surface area contributed by atoms with Crippen LogP contribution >= 0.6 is 0 Å². The van der Waals surface area contributed by atoms with E-state index in [1.165, 1.54) is 30.2 Å². The van der Waals surface area contributed by atoms with E-state index in [0.29, 0.717) is 11.7 Å². The van der Waals surface area contributed by atoms with Gasteiger partial charge in [-0.2, -0.15) is 0 Å². The second kappa shape index (κ2) is 6.46. The summed E-state index contributed by atoms with van der Waals surface area (Å²) in [5.74, 6) is 1.10. The summed E-state index contributed by atoms with van der Waals surface area (Å²) in [4.78, 5) is 4.34. The van der Waals surface area contributed by atoms with Crippen molar-refractivity contribution in [2.75, 3.05) is 19.4 Å². The molecule has 0 fully saturated rings. The van der Waals surface area contributed by atoms with Crippen molar-refractivity contribution < 1.29 is 8.42 Å². The summed E-state index contributed by atoms with van der Waals surface area (Å²) < 4.78 is 25.1. The average Bonchev–Trinajstić information content (AvgIpc) is 2.48. The molecule has 0 aliphatic rings. The predicted octanol–water partition coefficient (Wildman–Crippen LogP) is 3.20. The summed E-state index contributed by atoms with van der Waals surface area (Å²) in [6.45, 7) is 4.29. The van der Waals surface area contributed by atoms with E-state index >= 15 is 0 Å². The fourth-order valence-corrected chi connectivity index (χ4v) is 2.76. The van der Waals surface area contributed by atoms with Gasteiger partial charge in [0, 0.05) is 26.0 Å². The molecule has 0 unspecified atom stereocenters. The minimum absolute atomic E-state index is 0.179. The molecule has 0 spiro atoms. The first kappa shape index (κ1) is 16.5. The lowest BCUT2D eigenvalue weighted by atomic mass is 10.0. The number of sulfonamides is 1. The number of hydrogen-bond donors (Lipinski definition) is 1. The van der Waals surface area contributed by atoms with Crippen LogP contribution in [0.1, 0.15) is 25.3 Å². The molecule has 118 valence electrons. The molecule has 22 heavy (non-hydrogen) atoms. The van der Waals surface area contributed by atoms with Crippen LogP contribution in [0.4, 0.5) is 11.5 Å². The van der Waals surface area contributed by atoms with Crippen LogP contribution < -0.4 is 5.32 Å². The first-order valence-corrected chi connectivity index (χ1v) is 8.50. The maximum Gasteiger partial charge on any atom is 0.244 e. The van der Waals surface area contributed by atoms with E-state index in [-0.39, 0.29) is 4.90 Å². The molecule has 2 rings (SSSR count). The van der Waals surface area contributed by atoms with Gasteiger partial charge in [0.25, 0.3) is 0 Å². The first-order chi connectivity index (χ1) is 10.3. The third-order valence-corrected chi connectivity index (χ3v) is 5.16. The van der Waals surface area contributed by atoms with E-state index in [2.05, 4.69) is 36.3 Å². The number of anilines is 2. The lowest BCUT2D eigenvalue weighted by Crippen LogP contribution is -2.22. The molecule has 0 atom stereocenters. The summed E-state index contributed by atoms with van der Waals surface area (Å²) in [5, 5.41) is 3.16. The molecule has 5 nitrogen and oxygen atoms in total. The van der Waals surface area contributed by atoms with E-state index in [9.17, 15) is 8.42 Å². The fourth-order valence-electron chi connectivity index (χ4n) is 1.92. The van der Waals surface area contributed by atoms with E-state index < -0.39 is 10.0 Å². The number of pyridine rings is 1. The SMILES string of the molecule is CC(C)c1ccc(Nc2ccc(S(=O)(=O)N(C)C)cn2)cc1. The van der Waals surface area contributed by atoms with Crippen molar-refractivity contribution in [2.24, 2.45) is 0 Å². The maximum absolute atomic E-state index is 12.0. The highest BCUT2D eigenvalue weighted by Gasteiger charge is 2.17. The molecule has 0 amide bonds. The standard InChI is InChI=1S/C16H21N3O2S/c1-12(2)13-5-7-14(8-6-13)18-16-10-9-15(11-17-16)22(20,21)19(3)4/h5-12H,1-4H3,(H,17,18). The van der Waals surface area contributed by atoms with Crippen LogP contribution in [-0.2, 0) is 10.0 Å². The van der Waals surface area contributed by atoms with Crippen molar-refractivity contribution in [3.05, 3.63) is 48.2 Å². The molecule has 1 N–H and O–H groups in total. The lowest BCUT2D eigenvalue weighted by Gasteiger charge is -2.12. The van der Waals surface area contributed by atoms with Crippen LogP contribution in [0.15, 0.2) is 47.5 Å². The van der Waals surface area contributed by atoms with Gasteiger partial charge in [0.2, 0.25) is 10.0 Å². The highest BCUT2D eigenvalue weighted by Crippen LogP contribution is 2.20. The third kappa shape index (κ3) is 3.64. The van der Waals surface area contributed by atoms with E-state index in [0.717, 1.165) is 5.69 Å². The summed E-state index contributed by atoms with van der Waals surface area (Å²) in [7, 11) is -0.443. The Morgan fingerprint density at radius 3 is 2.14 bits per heavy atom. The first-order valence-electron chi connectivity index (χ1n) is 7.06. The summed E-state index contributed by atoms with van der Waals surface area (Å²) in [5.41, 5.74) is 2.19. The monoisotopic (exact) mass is 319 g/mol. The van der Waals surface area contributed by atoms with E-state index in [1.807, 2.05) is 12.1 Å². The number of benzene rings is 1. The van der Waals surface area contributed by atoms with Gasteiger partial charge in [0.05, 0.1) is 0 Å². The van der Waals surface area contributed by atoms with Crippen molar-refractivity contribution in [1.29, 1.82) is 0 Å². The molecule has 1 heterocycles. The second-order valence-electron chi connectivity index (χ2n) is 5.57. The molecule has 0 aliphatic carbocycles. The van der Waals surface area contributed by atoms with Gasteiger partial charge in [-0.3, -0.25) is 0 Å². The Kier molecular flexibility index (Phi) is 4.83. The zero-order chi connectivity index (χ0) is 16.3. The Morgan fingerprint density at radius 1 is 1.05 bits per heavy atom. The number of rotatable bonds is 5. The van der Waals surface area contributed by atoms with Crippen molar-refractivity contribution in [1.82, 2.24) is 9.29 Å². The lowest BCUT2D eigenvalue weighted by molar-refractivity contribution is 0.520. The molecule has 6 heteroatoms. The number of nitrogens with one attached hydrogen (secondary N) is 1. The summed E-state index contributed by atoms with van der Waals surface area (Å²) in [6, 6.07) is 11.3. The molecule has 1 aromatic carbocycles. The van der Waals surface area contributed by atoms with Crippen LogP contribution in [0.3, 0.4) is 0 Å². The summed E-state index contributed by atoms with van der Waals surface area (Å²) >= 11 is 0. The highest BCUT2D eigenvalue weighted by atomic mass is 32.2. The van der Waals surface area contributed by atoms with Gasteiger partial charge < -0.3 is 5.32 Å². The summed E-state index contributed by atoms with van der Waals surface area (Å²) in [6.07, 6.45) is 1.36. The number of aromatic nitrogens is 1. The Labute approximate surface area is 132 Å². The van der Waals surface area contributed by atoms with Crippen LogP contribution in [0.2, 0.25) is 0 Å². The molecule has 2 aromatic rings. The number of nitrogens with zero attached hydrogens (tertiary/aromatic N) is 2. The topological polar surface area (TPSA) is 62.3 Å². The quantitative estimate of drug-likeness (QED) is 0.919. The maximum atomic E-state index is 12.0. The Morgan fingerprint density at radius 2 is 1.68 bits per heavy atom. The molecular weight excluding hydrogens is 298 g/mol. The van der Waals surface area contributed by atoms with Crippen LogP contribution in [0.25, 0.3) is 0 Å². The van der Waals surface area contributed by atoms with Crippen LogP contribution in [-0.4, -0.2) is 31.8 Å². The normalized spacial score (nSPS) is 11.9. The Hall–Kier alpha value is -1.92. The average molecular weight is 319 g/mol. The van der Waals surface area contributed by atoms with Crippen LogP contribution in [0.5, 0.6) is 0 Å². The third-order valence-electron chi connectivity index (χ3n) is 3.36. The van der Waals surface area contributed by atoms with Crippen molar-refractivity contribution in [3.8, 4) is 0 Å². The zero-order valence-electron chi connectivity index (χ0n) is 13.2. The predicted molar refractivity (Wildman–Crippen MR) is 88.9 cm³/mol. The second-order valence-corrected chi connectivity index (χ2v) is 7.72. The molecular formula is C16H21N3O2S. The van der Waals surface area contributed by atoms with Gasteiger partial charge in [-0.1, -0.05) is 26.0 Å². The van der Waals surface area contributed by atoms with Crippen molar-refractivity contribution in [3.63, 3.8) is 0 Å². The minimum Gasteiger partial charge on any atom is -0.340 e. The van der Waals surface area contributed by atoms with Crippen molar-refractivity contribution in [2.45, 2.75) is 24.7 Å². The molecule has 0 radical (unpaired) electrons. The largest absolute Gasteiger partial charge is 0.340 e.